The molecule has 3 nitrogen and oxygen atoms in total. The zero-order valence-electron chi connectivity index (χ0n) is 13.2. The van der Waals surface area contributed by atoms with E-state index in [1.807, 2.05) is 24.3 Å². The Bertz CT molecular complexity index is 503. The van der Waals surface area contributed by atoms with E-state index in [-0.39, 0.29) is 5.41 Å². The van der Waals surface area contributed by atoms with Gasteiger partial charge in [-0.3, -0.25) is 0 Å². The molecule has 0 aromatic heterocycles. The molecule has 1 saturated carbocycles. The molecule has 0 bridgehead atoms. The van der Waals surface area contributed by atoms with Crippen molar-refractivity contribution in [3.63, 3.8) is 0 Å². The summed E-state index contributed by atoms with van der Waals surface area (Å²) in [4.78, 5) is 0. The Morgan fingerprint density at radius 3 is 2.24 bits per heavy atom. The number of methoxy groups -OCH3 is 1. The smallest absolute Gasteiger partial charge is 0.0976 e. The summed E-state index contributed by atoms with van der Waals surface area (Å²) in [6.45, 7) is 5.04. The van der Waals surface area contributed by atoms with E-state index in [9.17, 15) is 10.4 Å². The fourth-order valence-corrected chi connectivity index (χ4v) is 3.10. The number of nitriles is 1. The van der Waals surface area contributed by atoms with Gasteiger partial charge in [-0.1, -0.05) is 38.1 Å². The summed E-state index contributed by atoms with van der Waals surface area (Å²) in [7, 11) is 1.66. The van der Waals surface area contributed by atoms with Gasteiger partial charge in [-0.05, 0) is 42.2 Å². The molecule has 1 aliphatic rings. The molecule has 1 fully saturated rings. The molecule has 1 aromatic carbocycles. The van der Waals surface area contributed by atoms with Crippen LogP contribution in [-0.4, -0.2) is 12.2 Å². The molecule has 1 aromatic rings. The quantitative estimate of drug-likeness (QED) is 0.911. The zero-order chi connectivity index (χ0) is 15.5. The summed E-state index contributed by atoms with van der Waals surface area (Å²) in [5.41, 5.74) is 1.54. The van der Waals surface area contributed by atoms with Crippen LogP contribution in [0.1, 0.15) is 56.8 Å². The van der Waals surface area contributed by atoms with Gasteiger partial charge in [0.15, 0.2) is 0 Å². The Morgan fingerprint density at radius 2 is 1.76 bits per heavy atom. The first-order valence-corrected chi connectivity index (χ1v) is 7.60. The Hall–Kier alpha value is -1.37. The Morgan fingerprint density at radius 1 is 1.19 bits per heavy atom. The van der Waals surface area contributed by atoms with Gasteiger partial charge in [-0.25, -0.2) is 0 Å². The predicted molar refractivity (Wildman–Crippen MR) is 82.4 cm³/mol. The summed E-state index contributed by atoms with van der Waals surface area (Å²) < 4.78 is 5.09. The van der Waals surface area contributed by atoms with Crippen LogP contribution >= 0.6 is 0 Å². The van der Waals surface area contributed by atoms with Gasteiger partial charge in [0.05, 0.1) is 24.2 Å². The maximum atomic E-state index is 10.7. The molecule has 0 spiro atoms. The number of nitrogens with zero attached hydrogens (tertiary/aromatic N) is 1. The Labute approximate surface area is 127 Å². The summed E-state index contributed by atoms with van der Waals surface area (Å²) in [6.07, 6.45) is 2.78. The molecule has 1 aliphatic carbocycles. The van der Waals surface area contributed by atoms with E-state index >= 15 is 0 Å². The molecule has 3 heteroatoms. The number of hydrogen-bond acceptors (Lipinski definition) is 3. The molecule has 1 N–H and O–H groups in total. The summed E-state index contributed by atoms with van der Waals surface area (Å²) >= 11 is 0. The Kier molecular flexibility index (Phi) is 4.70. The minimum Gasteiger partial charge on any atom is -0.387 e. The minimum atomic E-state index is -0.713. The second-order valence-electron chi connectivity index (χ2n) is 7.01. The van der Waals surface area contributed by atoms with Gasteiger partial charge in [0.1, 0.15) is 0 Å². The summed E-state index contributed by atoms with van der Waals surface area (Å²) in [6, 6.07) is 10.2. The van der Waals surface area contributed by atoms with Crippen LogP contribution in [0.2, 0.25) is 0 Å². The second-order valence-corrected chi connectivity index (χ2v) is 7.01. The molecule has 1 atom stereocenters. The standard InChI is InChI=1S/C18H25NO2/c1-17(2)8-10-18(13-19,11-9-17)16(20)15-6-4-14(5-7-15)12-21-3/h4-7,16,20H,8-12H2,1-3H3. The molecule has 0 saturated heterocycles. The third-order valence-corrected chi connectivity index (χ3v) is 4.85. The summed E-state index contributed by atoms with van der Waals surface area (Å²) in [5, 5.41) is 20.4. The average molecular weight is 287 g/mol. The predicted octanol–water partition coefficient (Wildman–Crippen LogP) is 3.98. The van der Waals surface area contributed by atoms with E-state index in [1.54, 1.807) is 7.11 Å². The van der Waals surface area contributed by atoms with Crippen molar-refractivity contribution in [1.82, 2.24) is 0 Å². The lowest BCUT2D eigenvalue weighted by molar-refractivity contribution is 0.00953. The lowest BCUT2D eigenvalue weighted by atomic mass is 9.62. The van der Waals surface area contributed by atoms with E-state index in [0.29, 0.717) is 6.61 Å². The SMILES string of the molecule is COCc1ccc(C(O)C2(C#N)CCC(C)(C)CC2)cc1. The number of hydrogen-bond donors (Lipinski definition) is 1. The van der Waals surface area contributed by atoms with Crippen LogP contribution in [0.5, 0.6) is 0 Å². The molecule has 21 heavy (non-hydrogen) atoms. The van der Waals surface area contributed by atoms with Crippen LogP contribution in [0.25, 0.3) is 0 Å². The van der Waals surface area contributed by atoms with Crippen LogP contribution in [0.15, 0.2) is 24.3 Å². The maximum absolute atomic E-state index is 10.7. The highest BCUT2D eigenvalue weighted by atomic mass is 16.5. The van der Waals surface area contributed by atoms with E-state index in [4.69, 9.17) is 4.74 Å². The van der Waals surface area contributed by atoms with Gasteiger partial charge < -0.3 is 9.84 Å². The van der Waals surface area contributed by atoms with Gasteiger partial charge in [0, 0.05) is 7.11 Å². The van der Waals surface area contributed by atoms with Crippen molar-refractivity contribution in [2.75, 3.05) is 7.11 Å². The first-order chi connectivity index (χ1) is 9.92. The fourth-order valence-electron chi connectivity index (χ4n) is 3.10. The lowest BCUT2D eigenvalue weighted by Gasteiger charge is -2.42. The largest absolute Gasteiger partial charge is 0.387 e. The average Bonchev–Trinajstić information content (AvgIpc) is 2.48. The molecular weight excluding hydrogens is 262 g/mol. The van der Waals surface area contributed by atoms with Gasteiger partial charge >= 0.3 is 0 Å². The highest BCUT2D eigenvalue weighted by Crippen LogP contribution is 2.50. The van der Waals surface area contributed by atoms with Crippen LogP contribution in [0.4, 0.5) is 0 Å². The molecule has 0 heterocycles. The number of ether oxygens (including phenoxy) is 1. The molecule has 1 unspecified atom stereocenters. The van der Waals surface area contributed by atoms with Crippen LogP contribution in [0, 0.1) is 22.2 Å². The van der Waals surface area contributed by atoms with Gasteiger partial charge in [-0.2, -0.15) is 5.26 Å². The molecular formula is C18H25NO2. The van der Waals surface area contributed by atoms with Crippen molar-refractivity contribution in [1.29, 1.82) is 5.26 Å². The second kappa shape index (κ2) is 6.17. The van der Waals surface area contributed by atoms with Gasteiger partial charge in [-0.15, -0.1) is 0 Å². The van der Waals surface area contributed by atoms with Crippen molar-refractivity contribution in [3.05, 3.63) is 35.4 Å². The highest BCUT2D eigenvalue weighted by Gasteiger charge is 2.44. The normalized spacial score (nSPS) is 21.5. The number of rotatable bonds is 4. The fraction of sp³-hybridized carbons (Fsp3) is 0.611. The van der Waals surface area contributed by atoms with Crippen molar-refractivity contribution >= 4 is 0 Å². The van der Waals surface area contributed by atoms with E-state index in [2.05, 4.69) is 19.9 Å². The van der Waals surface area contributed by atoms with Gasteiger partial charge in [0.25, 0.3) is 0 Å². The monoisotopic (exact) mass is 287 g/mol. The number of benzene rings is 1. The first-order valence-electron chi connectivity index (χ1n) is 7.60. The van der Waals surface area contributed by atoms with Crippen molar-refractivity contribution in [2.45, 2.75) is 52.2 Å². The van der Waals surface area contributed by atoms with Crippen LogP contribution < -0.4 is 0 Å². The van der Waals surface area contributed by atoms with Crippen LogP contribution in [-0.2, 0) is 11.3 Å². The minimum absolute atomic E-state index is 0.280. The molecule has 114 valence electrons. The third kappa shape index (κ3) is 3.45. The molecule has 0 aliphatic heterocycles. The summed E-state index contributed by atoms with van der Waals surface area (Å²) in [5.74, 6) is 0. The van der Waals surface area contributed by atoms with Crippen molar-refractivity contribution in [2.24, 2.45) is 10.8 Å². The first kappa shape index (κ1) is 16.0. The zero-order valence-corrected chi connectivity index (χ0v) is 13.2. The van der Waals surface area contributed by atoms with E-state index < -0.39 is 11.5 Å². The highest BCUT2D eigenvalue weighted by molar-refractivity contribution is 5.27. The molecule has 0 amide bonds. The van der Waals surface area contributed by atoms with Crippen LogP contribution in [0.3, 0.4) is 0 Å². The third-order valence-electron chi connectivity index (χ3n) is 4.85. The van der Waals surface area contributed by atoms with Crippen molar-refractivity contribution < 1.29 is 9.84 Å². The number of aliphatic hydroxyl groups excluding tert-OH is 1. The van der Waals surface area contributed by atoms with Crippen molar-refractivity contribution in [3.8, 4) is 6.07 Å². The molecule has 0 radical (unpaired) electrons. The topological polar surface area (TPSA) is 53.2 Å². The lowest BCUT2D eigenvalue weighted by Crippen LogP contribution is -2.35. The van der Waals surface area contributed by atoms with E-state index in [1.165, 1.54) is 0 Å². The molecule has 2 rings (SSSR count). The number of aliphatic hydroxyl groups is 1. The van der Waals surface area contributed by atoms with E-state index in [0.717, 1.165) is 36.8 Å². The Balaban J connectivity index is 2.17. The maximum Gasteiger partial charge on any atom is 0.0976 e. The van der Waals surface area contributed by atoms with Gasteiger partial charge in [0.2, 0.25) is 0 Å².